The summed E-state index contributed by atoms with van der Waals surface area (Å²) in [6.45, 7) is 7.63. The van der Waals surface area contributed by atoms with E-state index in [0.29, 0.717) is 10.5 Å². The van der Waals surface area contributed by atoms with Crippen molar-refractivity contribution < 1.29 is 19.2 Å². The van der Waals surface area contributed by atoms with Crippen LogP contribution in [-0.4, -0.2) is 29.4 Å². The van der Waals surface area contributed by atoms with Crippen LogP contribution in [0.2, 0.25) is 5.02 Å². The molecule has 19 heavy (non-hydrogen) atoms. The fourth-order valence-electron chi connectivity index (χ4n) is 1.92. The third-order valence-corrected chi connectivity index (χ3v) is 4.10. The van der Waals surface area contributed by atoms with Gasteiger partial charge in [-0.25, -0.2) is 4.79 Å². The van der Waals surface area contributed by atoms with Gasteiger partial charge in [0.2, 0.25) is 0 Å². The van der Waals surface area contributed by atoms with E-state index in [1.807, 2.05) is 27.7 Å². The van der Waals surface area contributed by atoms with Crippen LogP contribution >= 0.6 is 11.6 Å². The largest absolute Gasteiger partial charge is 0.497 e. The Morgan fingerprint density at radius 2 is 1.74 bits per heavy atom. The van der Waals surface area contributed by atoms with E-state index < -0.39 is 24.3 Å². The number of aromatic carboxylic acids is 1. The zero-order valence-electron chi connectivity index (χ0n) is 11.4. The van der Waals surface area contributed by atoms with Crippen molar-refractivity contribution in [1.29, 1.82) is 0 Å². The molecule has 0 aliphatic carbocycles. The molecule has 1 N–H and O–H groups in total. The Labute approximate surface area is 117 Å². The van der Waals surface area contributed by atoms with E-state index in [4.69, 9.17) is 20.9 Å². The summed E-state index contributed by atoms with van der Waals surface area (Å²) in [6.07, 6.45) is 0. The Kier molecular flexibility index (Phi) is 3.41. The molecule has 0 aromatic heterocycles. The second-order valence-electron chi connectivity index (χ2n) is 5.59. The minimum atomic E-state index is -1.05. The molecule has 102 valence electrons. The number of hydrogen-bond donors (Lipinski definition) is 1. The van der Waals surface area contributed by atoms with Gasteiger partial charge in [-0.3, -0.25) is 0 Å². The Hall–Kier alpha value is -1.04. The van der Waals surface area contributed by atoms with Gasteiger partial charge in [0, 0.05) is 10.5 Å². The first kappa shape index (κ1) is 14.4. The molecule has 0 bridgehead atoms. The topological polar surface area (TPSA) is 55.8 Å². The zero-order chi connectivity index (χ0) is 14.4. The summed E-state index contributed by atoms with van der Waals surface area (Å²) >= 11 is 6.12. The number of benzene rings is 1. The van der Waals surface area contributed by atoms with Crippen LogP contribution in [0.4, 0.5) is 0 Å². The highest BCUT2D eigenvalue weighted by molar-refractivity contribution is 6.67. The Morgan fingerprint density at radius 3 is 2.21 bits per heavy atom. The van der Waals surface area contributed by atoms with Gasteiger partial charge in [-0.05, 0) is 39.8 Å². The van der Waals surface area contributed by atoms with Gasteiger partial charge in [-0.1, -0.05) is 17.7 Å². The highest BCUT2D eigenvalue weighted by Gasteiger charge is 2.53. The number of carbonyl (C=O) groups is 1. The molecule has 0 spiro atoms. The minimum Gasteiger partial charge on any atom is -0.478 e. The molecule has 0 radical (unpaired) electrons. The summed E-state index contributed by atoms with van der Waals surface area (Å²) in [5.41, 5.74) is -0.597. The average molecular weight is 283 g/mol. The number of halogens is 1. The number of carboxylic acids is 1. The average Bonchev–Trinajstić information content (AvgIpc) is 2.47. The predicted octanol–water partition coefficient (Wildman–Crippen LogP) is 2.34. The van der Waals surface area contributed by atoms with Crippen LogP contribution in [0.1, 0.15) is 38.1 Å². The smallest absolute Gasteiger partial charge is 0.478 e. The number of carboxylic acid groups (broad SMARTS) is 1. The first-order valence-electron chi connectivity index (χ1n) is 6.03. The normalized spacial score (nSPS) is 20.6. The second-order valence-corrected chi connectivity index (χ2v) is 6.00. The molecule has 1 fully saturated rings. The molecule has 1 aromatic rings. The van der Waals surface area contributed by atoms with Crippen LogP contribution in [0.3, 0.4) is 0 Å². The maximum absolute atomic E-state index is 11.3. The van der Waals surface area contributed by atoms with Crippen molar-refractivity contribution in [2.45, 2.75) is 38.9 Å². The van der Waals surface area contributed by atoms with E-state index in [-0.39, 0.29) is 5.56 Å². The van der Waals surface area contributed by atoms with E-state index in [1.165, 1.54) is 6.07 Å². The lowest BCUT2D eigenvalue weighted by Gasteiger charge is -2.32. The molecule has 4 nitrogen and oxygen atoms in total. The van der Waals surface area contributed by atoms with Crippen LogP contribution in [-0.2, 0) is 9.31 Å². The predicted molar refractivity (Wildman–Crippen MR) is 74.1 cm³/mol. The summed E-state index contributed by atoms with van der Waals surface area (Å²) in [5.74, 6) is -1.05. The Balaban J connectivity index is 2.48. The lowest BCUT2D eigenvalue weighted by molar-refractivity contribution is 0.00578. The van der Waals surface area contributed by atoms with Crippen LogP contribution in [0.15, 0.2) is 18.2 Å². The zero-order valence-corrected chi connectivity index (χ0v) is 12.1. The number of rotatable bonds is 2. The van der Waals surface area contributed by atoms with Crippen LogP contribution in [0, 0.1) is 0 Å². The van der Waals surface area contributed by atoms with E-state index in [9.17, 15) is 9.90 Å². The van der Waals surface area contributed by atoms with Crippen molar-refractivity contribution in [3.05, 3.63) is 28.8 Å². The third kappa shape index (κ3) is 2.38. The fraction of sp³-hybridized carbons (Fsp3) is 0.462. The number of hydrogen-bond acceptors (Lipinski definition) is 3. The molecule has 1 aliphatic heterocycles. The van der Waals surface area contributed by atoms with Crippen molar-refractivity contribution in [2.24, 2.45) is 0 Å². The maximum atomic E-state index is 11.3. The van der Waals surface area contributed by atoms with Crippen molar-refractivity contribution in [2.75, 3.05) is 0 Å². The Morgan fingerprint density at radius 1 is 1.21 bits per heavy atom. The van der Waals surface area contributed by atoms with E-state index in [2.05, 4.69) is 0 Å². The molecule has 6 heteroatoms. The maximum Gasteiger partial charge on any atom is 0.497 e. The van der Waals surface area contributed by atoms with Crippen molar-refractivity contribution in [1.82, 2.24) is 0 Å². The van der Waals surface area contributed by atoms with Gasteiger partial charge in [-0.15, -0.1) is 0 Å². The highest BCUT2D eigenvalue weighted by atomic mass is 35.5. The van der Waals surface area contributed by atoms with Gasteiger partial charge in [0.25, 0.3) is 0 Å². The van der Waals surface area contributed by atoms with Gasteiger partial charge in [0.15, 0.2) is 0 Å². The summed E-state index contributed by atoms with van der Waals surface area (Å²) < 4.78 is 11.7. The molecule has 1 saturated heterocycles. The lowest BCUT2D eigenvalue weighted by atomic mass is 9.76. The first-order chi connectivity index (χ1) is 8.66. The molecule has 1 aromatic carbocycles. The summed E-state index contributed by atoms with van der Waals surface area (Å²) in [4.78, 5) is 11.3. The van der Waals surface area contributed by atoms with Crippen LogP contribution in [0.5, 0.6) is 0 Å². The molecule has 0 unspecified atom stereocenters. The summed E-state index contributed by atoms with van der Waals surface area (Å²) in [7, 11) is -0.773. The van der Waals surface area contributed by atoms with Crippen LogP contribution in [0.25, 0.3) is 0 Å². The quantitative estimate of drug-likeness (QED) is 0.846. The SMILES string of the molecule is CC1(C)OB(c2c(Cl)cccc2C(=O)O)OC1(C)C. The minimum absolute atomic E-state index is 0.103. The molecule has 1 aliphatic rings. The van der Waals surface area contributed by atoms with Gasteiger partial charge >= 0.3 is 13.1 Å². The lowest BCUT2D eigenvalue weighted by Crippen LogP contribution is -2.41. The van der Waals surface area contributed by atoms with Crippen molar-refractivity contribution >= 4 is 30.2 Å². The summed E-state index contributed by atoms with van der Waals surface area (Å²) in [6, 6.07) is 4.73. The van der Waals surface area contributed by atoms with E-state index in [0.717, 1.165) is 0 Å². The molecule has 2 rings (SSSR count). The molecular formula is C13H16BClO4. The molecule has 0 atom stereocenters. The van der Waals surface area contributed by atoms with E-state index in [1.54, 1.807) is 12.1 Å². The third-order valence-electron chi connectivity index (χ3n) is 3.77. The molecule has 0 saturated carbocycles. The second kappa shape index (κ2) is 4.51. The highest BCUT2D eigenvalue weighted by Crippen LogP contribution is 2.37. The standard InChI is InChI=1S/C13H16BClO4/c1-12(2)13(3,4)19-14(18-12)10-8(11(16)17)6-5-7-9(10)15/h5-7H,1-4H3,(H,16,17). The van der Waals surface area contributed by atoms with E-state index >= 15 is 0 Å². The monoisotopic (exact) mass is 282 g/mol. The van der Waals surface area contributed by atoms with Gasteiger partial charge < -0.3 is 14.4 Å². The van der Waals surface area contributed by atoms with Gasteiger partial charge in [0.1, 0.15) is 0 Å². The van der Waals surface area contributed by atoms with Gasteiger partial charge in [-0.2, -0.15) is 0 Å². The first-order valence-corrected chi connectivity index (χ1v) is 6.41. The van der Waals surface area contributed by atoms with Crippen molar-refractivity contribution in [3.63, 3.8) is 0 Å². The molecule has 1 heterocycles. The van der Waals surface area contributed by atoms with Crippen LogP contribution < -0.4 is 5.46 Å². The fourth-order valence-corrected chi connectivity index (χ4v) is 2.19. The Bertz CT molecular complexity index is 511. The molecular weight excluding hydrogens is 266 g/mol. The van der Waals surface area contributed by atoms with Crippen molar-refractivity contribution in [3.8, 4) is 0 Å². The van der Waals surface area contributed by atoms with Gasteiger partial charge in [0.05, 0.1) is 16.8 Å². The summed E-state index contributed by atoms with van der Waals surface area (Å²) in [5, 5.41) is 9.57. The molecule has 0 amide bonds.